The molecule has 8 heteroatoms. The fourth-order valence-electron chi connectivity index (χ4n) is 3.34. The van der Waals surface area contributed by atoms with Gasteiger partial charge in [-0.1, -0.05) is 12.0 Å². The van der Waals surface area contributed by atoms with Crippen molar-refractivity contribution in [3.8, 4) is 18.1 Å². The molecule has 1 aromatic heterocycles. The zero-order valence-electron chi connectivity index (χ0n) is 16.6. The highest BCUT2D eigenvalue weighted by atomic mass is 32.2. The van der Waals surface area contributed by atoms with Gasteiger partial charge in [0, 0.05) is 29.2 Å². The number of hydrogen-bond acceptors (Lipinski definition) is 5. The van der Waals surface area contributed by atoms with Gasteiger partial charge in [-0.3, -0.25) is 4.79 Å². The van der Waals surface area contributed by atoms with Crippen molar-refractivity contribution in [3.63, 3.8) is 0 Å². The van der Waals surface area contributed by atoms with Crippen molar-refractivity contribution in [2.24, 2.45) is 0 Å². The number of benzene rings is 2. The topological polar surface area (TPSA) is 75.7 Å². The second-order valence-electron chi connectivity index (χ2n) is 6.96. The van der Waals surface area contributed by atoms with Crippen molar-refractivity contribution in [2.45, 2.75) is 17.9 Å². The van der Waals surface area contributed by atoms with Crippen LogP contribution in [0.2, 0.25) is 0 Å². The summed E-state index contributed by atoms with van der Waals surface area (Å²) in [6, 6.07) is 14.8. The summed E-state index contributed by atoms with van der Waals surface area (Å²) in [4.78, 5) is 14.0. The first-order chi connectivity index (χ1) is 15.0. The van der Waals surface area contributed by atoms with Gasteiger partial charge >= 0.3 is 0 Å². The summed E-state index contributed by atoms with van der Waals surface area (Å²) in [5, 5.41) is 4.75. The maximum Gasteiger partial charge on any atom is 0.255 e. The summed E-state index contributed by atoms with van der Waals surface area (Å²) < 4.78 is 33.1. The van der Waals surface area contributed by atoms with Crippen molar-refractivity contribution < 1.29 is 17.9 Å². The number of carbonyl (C=O) groups is 1. The number of sulfonamides is 1. The van der Waals surface area contributed by atoms with Crippen molar-refractivity contribution in [1.82, 2.24) is 4.31 Å². The van der Waals surface area contributed by atoms with Gasteiger partial charge in [0.25, 0.3) is 5.91 Å². The molecular formula is C23H20N2O4S2. The number of carbonyl (C=O) groups excluding carboxylic acids is 1. The van der Waals surface area contributed by atoms with Crippen LogP contribution in [0.25, 0.3) is 0 Å². The number of fused-ring (bicyclic) bond motifs is 1. The fourth-order valence-corrected chi connectivity index (χ4v) is 5.69. The molecular weight excluding hydrogens is 432 g/mol. The Bertz CT molecular complexity index is 1240. The standard InChI is InChI=1S/C23H20N2O4S2/c1-2-13-29-20-8-6-19(7-9-20)24-23(26)17-4-3-5-21(15-17)31(27,28)25-12-10-22-18(16-25)11-14-30-22/h1,3-9,11,14-15H,10,12-13,16H2,(H,24,26). The molecule has 0 atom stereocenters. The summed E-state index contributed by atoms with van der Waals surface area (Å²) in [7, 11) is -3.70. The third-order valence-electron chi connectivity index (χ3n) is 4.94. The van der Waals surface area contributed by atoms with Crippen LogP contribution in [0.5, 0.6) is 5.75 Å². The third kappa shape index (κ3) is 4.64. The molecule has 1 N–H and O–H groups in total. The lowest BCUT2D eigenvalue weighted by molar-refractivity contribution is 0.102. The van der Waals surface area contributed by atoms with E-state index in [1.165, 1.54) is 21.3 Å². The van der Waals surface area contributed by atoms with Gasteiger partial charge in [-0.05, 0) is 65.9 Å². The minimum absolute atomic E-state index is 0.108. The number of anilines is 1. The summed E-state index contributed by atoms with van der Waals surface area (Å²) >= 11 is 1.65. The van der Waals surface area contributed by atoms with Gasteiger partial charge in [0.15, 0.2) is 0 Å². The van der Waals surface area contributed by atoms with E-state index in [1.54, 1.807) is 47.7 Å². The molecule has 1 amide bonds. The first-order valence-electron chi connectivity index (χ1n) is 9.60. The highest BCUT2D eigenvalue weighted by Crippen LogP contribution is 2.28. The summed E-state index contributed by atoms with van der Waals surface area (Å²) in [5.41, 5.74) is 1.87. The lowest BCUT2D eigenvalue weighted by atomic mass is 10.1. The molecule has 1 aliphatic heterocycles. The first-order valence-corrected chi connectivity index (χ1v) is 11.9. The van der Waals surface area contributed by atoms with Gasteiger partial charge in [-0.15, -0.1) is 17.8 Å². The van der Waals surface area contributed by atoms with Crippen LogP contribution in [0.1, 0.15) is 20.8 Å². The van der Waals surface area contributed by atoms with E-state index in [9.17, 15) is 13.2 Å². The van der Waals surface area contributed by atoms with Crippen molar-refractivity contribution in [1.29, 1.82) is 0 Å². The first kappa shape index (κ1) is 21.1. The largest absolute Gasteiger partial charge is 0.481 e. The summed E-state index contributed by atoms with van der Waals surface area (Å²) in [6.45, 7) is 0.948. The second-order valence-corrected chi connectivity index (χ2v) is 9.90. The third-order valence-corrected chi connectivity index (χ3v) is 7.81. The van der Waals surface area contributed by atoms with Crippen LogP contribution in [0.4, 0.5) is 5.69 Å². The lowest BCUT2D eigenvalue weighted by Gasteiger charge is -2.26. The molecule has 3 aromatic rings. The molecule has 0 radical (unpaired) electrons. The second kappa shape index (κ2) is 8.94. The lowest BCUT2D eigenvalue weighted by Crippen LogP contribution is -2.35. The van der Waals surface area contributed by atoms with E-state index in [0.29, 0.717) is 30.9 Å². The number of hydrogen-bond donors (Lipinski definition) is 1. The highest BCUT2D eigenvalue weighted by Gasteiger charge is 2.29. The molecule has 6 nitrogen and oxygen atoms in total. The molecule has 2 heterocycles. The Labute approximate surface area is 185 Å². The number of amides is 1. The molecule has 0 saturated carbocycles. The number of nitrogens with zero attached hydrogens (tertiary/aromatic N) is 1. The predicted octanol–water partition coefficient (Wildman–Crippen LogP) is 3.76. The molecule has 0 fully saturated rings. The molecule has 0 saturated heterocycles. The zero-order valence-corrected chi connectivity index (χ0v) is 18.2. The van der Waals surface area contributed by atoms with Crippen LogP contribution >= 0.6 is 11.3 Å². The summed E-state index contributed by atoms with van der Waals surface area (Å²) in [5.74, 6) is 2.59. The minimum atomic E-state index is -3.70. The maximum atomic E-state index is 13.1. The van der Waals surface area contributed by atoms with E-state index in [4.69, 9.17) is 11.2 Å². The molecule has 0 aliphatic carbocycles. The van der Waals surface area contributed by atoms with Gasteiger partial charge in [0.2, 0.25) is 10.0 Å². The predicted molar refractivity (Wildman–Crippen MR) is 121 cm³/mol. The molecule has 0 unspecified atom stereocenters. The van der Waals surface area contributed by atoms with Crippen molar-refractivity contribution >= 4 is 33.0 Å². The molecule has 0 spiro atoms. The number of ether oxygens (including phenoxy) is 1. The van der Waals surface area contributed by atoms with E-state index in [-0.39, 0.29) is 17.1 Å². The van der Waals surface area contributed by atoms with Gasteiger partial charge < -0.3 is 10.1 Å². The highest BCUT2D eigenvalue weighted by molar-refractivity contribution is 7.89. The van der Waals surface area contributed by atoms with Gasteiger partial charge in [-0.25, -0.2) is 8.42 Å². The molecule has 1 aliphatic rings. The van der Waals surface area contributed by atoms with Crippen LogP contribution < -0.4 is 10.1 Å². The Hall–Kier alpha value is -3.12. The van der Waals surface area contributed by atoms with Crippen LogP contribution in [0, 0.1) is 12.3 Å². The molecule has 31 heavy (non-hydrogen) atoms. The SMILES string of the molecule is C#CCOc1ccc(NC(=O)c2cccc(S(=O)(=O)N3CCc4sccc4C3)c2)cc1. The van der Waals surface area contributed by atoms with Gasteiger partial charge in [0.1, 0.15) is 12.4 Å². The average molecular weight is 453 g/mol. The van der Waals surface area contributed by atoms with Crippen LogP contribution in [-0.2, 0) is 23.0 Å². The van der Waals surface area contributed by atoms with E-state index < -0.39 is 15.9 Å². The Morgan fingerprint density at radius 1 is 1.19 bits per heavy atom. The van der Waals surface area contributed by atoms with E-state index in [1.807, 2.05) is 11.4 Å². The molecule has 158 valence electrons. The number of terminal acetylenes is 1. The zero-order chi connectivity index (χ0) is 21.8. The normalized spacial score (nSPS) is 13.8. The van der Waals surface area contributed by atoms with Crippen molar-refractivity contribution in [2.75, 3.05) is 18.5 Å². The van der Waals surface area contributed by atoms with Crippen LogP contribution in [-0.4, -0.2) is 31.8 Å². The van der Waals surface area contributed by atoms with Crippen LogP contribution in [0.3, 0.4) is 0 Å². The fraction of sp³-hybridized carbons (Fsp3) is 0.174. The smallest absolute Gasteiger partial charge is 0.255 e. The molecule has 2 aromatic carbocycles. The Balaban J connectivity index is 1.49. The van der Waals surface area contributed by atoms with E-state index in [2.05, 4.69) is 11.2 Å². The van der Waals surface area contributed by atoms with E-state index >= 15 is 0 Å². The minimum Gasteiger partial charge on any atom is -0.481 e. The summed E-state index contributed by atoms with van der Waals surface area (Å²) in [6.07, 6.45) is 5.87. The molecule has 4 rings (SSSR count). The quantitative estimate of drug-likeness (QED) is 0.578. The van der Waals surface area contributed by atoms with Crippen LogP contribution in [0.15, 0.2) is 64.9 Å². The van der Waals surface area contributed by atoms with E-state index in [0.717, 1.165) is 5.56 Å². The number of rotatable bonds is 6. The monoisotopic (exact) mass is 452 g/mol. The van der Waals surface area contributed by atoms with Crippen molar-refractivity contribution in [3.05, 3.63) is 76.0 Å². The Kier molecular flexibility index (Phi) is 6.09. The van der Waals surface area contributed by atoms with Gasteiger partial charge in [0.05, 0.1) is 4.90 Å². The van der Waals surface area contributed by atoms with Gasteiger partial charge in [-0.2, -0.15) is 4.31 Å². The average Bonchev–Trinajstić information content (AvgIpc) is 3.27. The Morgan fingerprint density at radius 2 is 2.00 bits per heavy atom. The maximum absolute atomic E-state index is 13.1. The number of thiophene rings is 1. The Morgan fingerprint density at radius 3 is 2.77 bits per heavy atom. The molecule has 0 bridgehead atoms. The number of nitrogens with one attached hydrogen (secondary N) is 1.